The fourth-order valence-electron chi connectivity index (χ4n) is 1.40. The van der Waals surface area contributed by atoms with Crippen molar-refractivity contribution in [2.45, 2.75) is 6.92 Å². The molecule has 0 bridgehead atoms. The molecule has 0 fully saturated rings. The molecule has 2 amide bonds. The molecule has 0 aliphatic rings. The van der Waals surface area contributed by atoms with Gasteiger partial charge in [-0.2, -0.15) is 0 Å². The molecule has 16 heavy (non-hydrogen) atoms. The number of carbonyl (C=O) groups excluding carboxylic acids is 1. The van der Waals surface area contributed by atoms with Crippen LogP contribution in [0.15, 0.2) is 12.1 Å². The van der Waals surface area contributed by atoms with Crippen LogP contribution in [0.3, 0.4) is 0 Å². The van der Waals surface area contributed by atoms with Gasteiger partial charge in [-0.05, 0) is 13.0 Å². The molecule has 1 rings (SSSR count). The number of aromatic hydroxyl groups is 1. The van der Waals surface area contributed by atoms with E-state index < -0.39 is 6.03 Å². The van der Waals surface area contributed by atoms with E-state index in [-0.39, 0.29) is 5.75 Å². The summed E-state index contributed by atoms with van der Waals surface area (Å²) in [5, 5.41) is 13.0. The Balaban J connectivity index is 3.24. The molecule has 1 aromatic rings. The topological polar surface area (TPSA) is 78.6 Å². The fourth-order valence-corrected chi connectivity index (χ4v) is 1.66. The number of anilines is 2. The minimum Gasteiger partial charge on any atom is -0.506 e. The van der Waals surface area contributed by atoms with Gasteiger partial charge in [-0.15, -0.1) is 0 Å². The summed E-state index contributed by atoms with van der Waals surface area (Å²) in [6.07, 6.45) is 0. The number of hydrogen-bond acceptors (Lipinski definition) is 3. The Morgan fingerprint density at radius 1 is 1.62 bits per heavy atom. The number of benzene rings is 1. The standard InChI is InChI=1S/C10H14ClN3O2/c1-3-14(10(12)16)8-4-6(11)7(13-2)5-9(8)15/h4-5,13,15H,3H2,1-2H3,(H2,12,16). The maximum absolute atomic E-state index is 11.1. The predicted octanol–water partition coefficient (Wildman–Crippen LogP) is 1.99. The van der Waals surface area contributed by atoms with Crippen LogP contribution in [0, 0.1) is 0 Å². The monoisotopic (exact) mass is 243 g/mol. The molecule has 5 nitrogen and oxygen atoms in total. The molecule has 0 spiro atoms. The molecule has 0 saturated carbocycles. The lowest BCUT2D eigenvalue weighted by atomic mass is 10.2. The molecule has 0 aromatic heterocycles. The number of primary amides is 1. The third-order valence-electron chi connectivity index (χ3n) is 2.21. The van der Waals surface area contributed by atoms with Crippen LogP contribution in [0.1, 0.15) is 6.92 Å². The zero-order valence-electron chi connectivity index (χ0n) is 9.12. The van der Waals surface area contributed by atoms with Crippen LogP contribution in [0.4, 0.5) is 16.2 Å². The number of phenolic OH excluding ortho intramolecular Hbond substituents is 1. The van der Waals surface area contributed by atoms with Gasteiger partial charge in [0.2, 0.25) is 0 Å². The molecule has 0 atom stereocenters. The molecule has 0 unspecified atom stereocenters. The number of carbonyl (C=O) groups is 1. The summed E-state index contributed by atoms with van der Waals surface area (Å²) >= 11 is 5.95. The fraction of sp³-hybridized carbons (Fsp3) is 0.300. The number of nitrogens with two attached hydrogens (primary N) is 1. The van der Waals surface area contributed by atoms with Gasteiger partial charge in [-0.25, -0.2) is 4.79 Å². The van der Waals surface area contributed by atoms with Crippen molar-refractivity contribution in [2.75, 3.05) is 23.8 Å². The van der Waals surface area contributed by atoms with E-state index in [2.05, 4.69) is 5.32 Å². The number of hydrogen-bond donors (Lipinski definition) is 3. The van der Waals surface area contributed by atoms with Crippen LogP contribution in [0.2, 0.25) is 5.02 Å². The highest BCUT2D eigenvalue weighted by molar-refractivity contribution is 6.33. The van der Waals surface area contributed by atoms with E-state index in [0.717, 1.165) is 0 Å². The van der Waals surface area contributed by atoms with Gasteiger partial charge < -0.3 is 16.2 Å². The Bertz CT molecular complexity index is 409. The van der Waals surface area contributed by atoms with E-state index in [0.29, 0.717) is 22.9 Å². The first kappa shape index (κ1) is 12.4. The minimum atomic E-state index is -0.633. The number of rotatable bonds is 3. The molecule has 4 N–H and O–H groups in total. The molecule has 1 aromatic carbocycles. The van der Waals surface area contributed by atoms with Crippen LogP contribution in [-0.4, -0.2) is 24.7 Å². The van der Waals surface area contributed by atoms with E-state index >= 15 is 0 Å². The molecular formula is C10H14ClN3O2. The third kappa shape index (κ3) is 2.30. The maximum Gasteiger partial charge on any atom is 0.319 e. The first-order valence-corrected chi connectivity index (χ1v) is 5.16. The van der Waals surface area contributed by atoms with E-state index in [1.165, 1.54) is 17.0 Å². The molecule has 88 valence electrons. The largest absolute Gasteiger partial charge is 0.506 e. The average molecular weight is 244 g/mol. The van der Waals surface area contributed by atoms with Gasteiger partial charge in [-0.1, -0.05) is 11.6 Å². The highest BCUT2D eigenvalue weighted by Gasteiger charge is 2.16. The van der Waals surface area contributed by atoms with Crippen LogP contribution in [0.25, 0.3) is 0 Å². The lowest BCUT2D eigenvalue weighted by molar-refractivity contribution is 0.254. The first-order chi connectivity index (χ1) is 7.51. The van der Waals surface area contributed by atoms with Crippen LogP contribution in [-0.2, 0) is 0 Å². The molecule has 0 heterocycles. The normalized spacial score (nSPS) is 9.94. The van der Waals surface area contributed by atoms with Gasteiger partial charge in [0.25, 0.3) is 0 Å². The second-order valence-corrected chi connectivity index (χ2v) is 3.56. The predicted molar refractivity (Wildman–Crippen MR) is 65.3 cm³/mol. The van der Waals surface area contributed by atoms with Crippen molar-refractivity contribution in [3.8, 4) is 5.75 Å². The van der Waals surface area contributed by atoms with E-state index in [1.807, 2.05) is 0 Å². The summed E-state index contributed by atoms with van der Waals surface area (Å²) in [4.78, 5) is 12.4. The van der Waals surface area contributed by atoms with E-state index in [9.17, 15) is 9.90 Å². The molecule has 0 radical (unpaired) electrons. The van der Waals surface area contributed by atoms with Crippen LogP contribution >= 0.6 is 11.6 Å². The van der Waals surface area contributed by atoms with Crippen molar-refractivity contribution in [1.82, 2.24) is 0 Å². The second-order valence-electron chi connectivity index (χ2n) is 3.15. The summed E-state index contributed by atoms with van der Waals surface area (Å²) in [6.45, 7) is 2.11. The number of phenols is 1. The molecule has 0 aliphatic carbocycles. The van der Waals surface area contributed by atoms with Gasteiger partial charge in [0.05, 0.1) is 16.4 Å². The van der Waals surface area contributed by atoms with Crippen molar-refractivity contribution in [2.24, 2.45) is 5.73 Å². The molecular weight excluding hydrogens is 230 g/mol. The number of halogens is 1. The van der Waals surface area contributed by atoms with Crippen LogP contribution in [0.5, 0.6) is 5.75 Å². The summed E-state index contributed by atoms with van der Waals surface area (Å²) < 4.78 is 0. The number of nitrogens with zero attached hydrogens (tertiary/aromatic N) is 1. The SMILES string of the molecule is CCN(C(N)=O)c1cc(Cl)c(NC)cc1O. The summed E-state index contributed by atoms with van der Waals surface area (Å²) in [5.41, 5.74) is 6.08. The quantitative estimate of drug-likeness (QED) is 0.760. The number of nitrogens with one attached hydrogen (secondary N) is 1. The van der Waals surface area contributed by atoms with Crippen molar-refractivity contribution in [3.05, 3.63) is 17.2 Å². The summed E-state index contributed by atoms with van der Waals surface area (Å²) in [6, 6.07) is 2.31. The Morgan fingerprint density at radius 3 is 2.69 bits per heavy atom. The highest BCUT2D eigenvalue weighted by Crippen LogP contribution is 2.35. The number of urea groups is 1. The molecule has 0 saturated heterocycles. The Hall–Kier alpha value is -1.62. The van der Waals surface area contributed by atoms with Crippen molar-refractivity contribution in [3.63, 3.8) is 0 Å². The van der Waals surface area contributed by atoms with Crippen LogP contribution < -0.4 is 16.0 Å². The Labute approximate surface area is 98.8 Å². The third-order valence-corrected chi connectivity index (χ3v) is 2.52. The van der Waals surface area contributed by atoms with Crippen molar-refractivity contribution in [1.29, 1.82) is 0 Å². The summed E-state index contributed by atoms with van der Waals surface area (Å²) in [7, 11) is 1.69. The second kappa shape index (κ2) is 4.94. The molecule has 0 aliphatic heterocycles. The van der Waals surface area contributed by atoms with E-state index in [4.69, 9.17) is 17.3 Å². The van der Waals surface area contributed by atoms with Gasteiger partial charge in [-0.3, -0.25) is 4.90 Å². The first-order valence-electron chi connectivity index (χ1n) is 4.78. The Morgan fingerprint density at radius 2 is 2.25 bits per heavy atom. The average Bonchev–Trinajstić information content (AvgIpc) is 2.23. The minimum absolute atomic E-state index is 0.0469. The highest BCUT2D eigenvalue weighted by atomic mass is 35.5. The van der Waals surface area contributed by atoms with Gasteiger partial charge in [0, 0.05) is 19.7 Å². The molecule has 6 heteroatoms. The van der Waals surface area contributed by atoms with Gasteiger partial charge in [0.1, 0.15) is 5.75 Å². The van der Waals surface area contributed by atoms with Gasteiger partial charge in [0.15, 0.2) is 0 Å². The Kier molecular flexibility index (Phi) is 3.84. The zero-order valence-corrected chi connectivity index (χ0v) is 9.88. The van der Waals surface area contributed by atoms with Crippen molar-refractivity contribution < 1.29 is 9.90 Å². The van der Waals surface area contributed by atoms with Gasteiger partial charge >= 0.3 is 6.03 Å². The summed E-state index contributed by atoms with van der Waals surface area (Å²) in [5.74, 6) is -0.0469. The number of amides is 2. The lowest BCUT2D eigenvalue weighted by Crippen LogP contribution is -2.35. The maximum atomic E-state index is 11.1. The smallest absolute Gasteiger partial charge is 0.319 e. The zero-order chi connectivity index (χ0) is 12.3. The van der Waals surface area contributed by atoms with Crippen molar-refractivity contribution >= 4 is 29.0 Å². The lowest BCUT2D eigenvalue weighted by Gasteiger charge is -2.20. The van der Waals surface area contributed by atoms with E-state index in [1.54, 1.807) is 14.0 Å².